The van der Waals surface area contributed by atoms with E-state index >= 15 is 0 Å². The van der Waals surface area contributed by atoms with Crippen LogP contribution < -0.4 is 0 Å². The Bertz CT molecular complexity index is 3100. The first-order valence-corrected chi connectivity index (χ1v) is 18.6. The monoisotopic (exact) mass is 674 g/mol. The van der Waals surface area contributed by atoms with E-state index < -0.39 is 0 Å². The Morgan fingerprint density at radius 2 is 0.981 bits per heavy atom. The Hall–Kier alpha value is -6.70. The second kappa shape index (κ2) is 11.9. The summed E-state index contributed by atoms with van der Waals surface area (Å²) in [4.78, 5) is 0. The number of hydrogen-bond acceptors (Lipinski definition) is 1. The van der Waals surface area contributed by atoms with Gasteiger partial charge in [-0.15, -0.1) is 0 Å². The van der Waals surface area contributed by atoms with Crippen molar-refractivity contribution in [3.05, 3.63) is 187 Å². The van der Waals surface area contributed by atoms with Gasteiger partial charge >= 0.3 is 0 Å². The molecular formula is C52H34O. The quantitative estimate of drug-likeness (QED) is 0.181. The third-order valence-corrected chi connectivity index (χ3v) is 11.3. The molecule has 0 saturated carbocycles. The van der Waals surface area contributed by atoms with Crippen LogP contribution in [0.15, 0.2) is 180 Å². The van der Waals surface area contributed by atoms with Crippen molar-refractivity contribution in [2.24, 2.45) is 0 Å². The summed E-state index contributed by atoms with van der Waals surface area (Å²) in [5.74, 6) is 0. The highest BCUT2D eigenvalue weighted by Crippen LogP contribution is 2.45. The lowest BCUT2D eigenvalue weighted by Crippen LogP contribution is -2.02. The molecule has 1 aliphatic rings. The molecule has 0 atom stereocenters. The van der Waals surface area contributed by atoms with Gasteiger partial charge in [-0.1, -0.05) is 152 Å². The highest BCUT2D eigenvalue weighted by Gasteiger charge is 2.22. The molecular weight excluding hydrogens is 641 g/mol. The molecule has 53 heavy (non-hydrogen) atoms. The second-order valence-corrected chi connectivity index (χ2v) is 14.3. The zero-order chi connectivity index (χ0) is 34.9. The SMILES string of the molecule is C1=Cc2c(c(-c3ccc(-c4cccc5ccccc45)cc3)c3ccccc3c2-c2ccc3cc(-c4ccc5oc6ccccc6c5c4)ccc3c2)CC1. The summed E-state index contributed by atoms with van der Waals surface area (Å²) in [6, 6.07) is 62.2. The maximum Gasteiger partial charge on any atom is 0.135 e. The molecule has 0 spiro atoms. The second-order valence-electron chi connectivity index (χ2n) is 14.3. The van der Waals surface area contributed by atoms with E-state index in [-0.39, 0.29) is 0 Å². The van der Waals surface area contributed by atoms with Crippen molar-refractivity contribution in [3.8, 4) is 44.5 Å². The molecule has 11 rings (SSSR count). The molecule has 1 heteroatoms. The fourth-order valence-corrected chi connectivity index (χ4v) is 8.81. The van der Waals surface area contributed by atoms with Gasteiger partial charge in [-0.2, -0.15) is 0 Å². The van der Waals surface area contributed by atoms with E-state index in [1.807, 2.05) is 12.1 Å². The molecule has 0 N–H and O–H groups in total. The normalized spacial score (nSPS) is 12.7. The van der Waals surface area contributed by atoms with Crippen molar-refractivity contribution in [1.29, 1.82) is 0 Å². The first-order chi connectivity index (χ1) is 26.3. The molecule has 0 amide bonds. The summed E-state index contributed by atoms with van der Waals surface area (Å²) >= 11 is 0. The Labute approximate surface area is 308 Å². The largest absolute Gasteiger partial charge is 0.456 e. The Morgan fingerprint density at radius 1 is 0.377 bits per heavy atom. The van der Waals surface area contributed by atoms with Gasteiger partial charge in [-0.05, 0) is 131 Å². The average Bonchev–Trinajstić information content (AvgIpc) is 3.60. The van der Waals surface area contributed by atoms with Crippen LogP contribution in [-0.4, -0.2) is 0 Å². The van der Waals surface area contributed by atoms with E-state index in [1.165, 1.54) is 88.0 Å². The fraction of sp³-hybridized carbons (Fsp3) is 0.0385. The molecule has 1 nitrogen and oxygen atoms in total. The van der Waals surface area contributed by atoms with Gasteiger partial charge in [0.15, 0.2) is 0 Å². The zero-order valence-electron chi connectivity index (χ0n) is 29.1. The summed E-state index contributed by atoms with van der Waals surface area (Å²) < 4.78 is 6.10. The summed E-state index contributed by atoms with van der Waals surface area (Å²) in [5, 5.41) is 9.95. The minimum atomic E-state index is 0.925. The van der Waals surface area contributed by atoms with Crippen LogP contribution in [0.1, 0.15) is 17.5 Å². The van der Waals surface area contributed by atoms with E-state index in [0.29, 0.717) is 0 Å². The van der Waals surface area contributed by atoms with Crippen LogP contribution >= 0.6 is 0 Å². The molecule has 9 aromatic carbocycles. The van der Waals surface area contributed by atoms with E-state index in [1.54, 1.807) is 0 Å². The van der Waals surface area contributed by atoms with Gasteiger partial charge in [0.1, 0.15) is 11.2 Å². The lowest BCUT2D eigenvalue weighted by Gasteiger charge is -2.24. The molecule has 0 saturated heterocycles. The van der Waals surface area contributed by atoms with Gasteiger partial charge in [-0.25, -0.2) is 0 Å². The standard InChI is InChI=1S/C52H34O/c1-2-12-41-33(10-1)11-9-18-42(41)34-20-22-35(23-21-34)51-44-14-3-5-16-46(44)52(47-17-6-4-15-45(47)51)40-27-26-36-30-37(24-25-38(36)31-40)39-28-29-50-48(32-39)43-13-7-8-19-49(43)53-50/h1-3,5-14,16-32H,4,15H2. The van der Waals surface area contributed by atoms with E-state index in [9.17, 15) is 0 Å². The van der Waals surface area contributed by atoms with Crippen LogP contribution in [0.4, 0.5) is 0 Å². The Balaban J connectivity index is 1.02. The van der Waals surface area contributed by atoms with Crippen LogP contribution in [-0.2, 0) is 6.42 Å². The highest BCUT2D eigenvalue weighted by atomic mass is 16.3. The molecule has 0 bridgehead atoms. The van der Waals surface area contributed by atoms with Crippen molar-refractivity contribution in [1.82, 2.24) is 0 Å². The minimum absolute atomic E-state index is 0.925. The van der Waals surface area contributed by atoms with Crippen molar-refractivity contribution in [3.63, 3.8) is 0 Å². The van der Waals surface area contributed by atoms with Gasteiger partial charge in [0.2, 0.25) is 0 Å². The maximum atomic E-state index is 6.10. The third kappa shape index (κ3) is 4.85. The smallest absolute Gasteiger partial charge is 0.135 e. The molecule has 0 unspecified atom stereocenters. The number of fused-ring (bicyclic) bond motifs is 7. The first-order valence-electron chi connectivity index (χ1n) is 18.6. The third-order valence-electron chi connectivity index (χ3n) is 11.3. The van der Waals surface area contributed by atoms with Gasteiger partial charge in [0.05, 0.1) is 0 Å². The predicted octanol–water partition coefficient (Wildman–Crippen LogP) is 14.7. The van der Waals surface area contributed by atoms with Crippen LogP contribution in [0.25, 0.3) is 105 Å². The summed E-state index contributed by atoms with van der Waals surface area (Å²) in [7, 11) is 0. The number of para-hydroxylation sites is 1. The maximum absolute atomic E-state index is 6.10. The van der Waals surface area contributed by atoms with E-state index in [2.05, 4.69) is 170 Å². The van der Waals surface area contributed by atoms with Gasteiger partial charge in [-0.3, -0.25) is 0 Å². The molecule has 1 heterocycles. The summed E-state index contributed by atoms with van der Waals surface area (Å²) in [6.07, 6.45) is 6.79. The van der Waals surface area contributed by atoms with Crippen molar-refractivity contribution >= 4 is 60.3 Å². The fourth-order valence-electron chi connectivity index (χ4n) is 8.81. The minimum Gasteiger partial charge on any atom is -0.456 e. The van der Waals surface area contributed by atoms with E-state index in [0.717, 1.165) is 34.8 Å². The molecule has 1 aliphatic carbocycles. The number of rotatable bonds is 4. The van der Waals surface area contributed by atoms with E-state index in [4.69, 9.17) is 4.42 Å². The van der Waals surface area contributed by atoms with Gasteiger partial charge < -0.3 is 4.42 Å². The molecule has 0 radical (unpaired) electrons. The molecule has 0 fully saturated rings. The first kappa shape index (κ1) is 30.0. The lowest BCUT2D eigenvalue weighted by molar-refractivity contribution is 0.669. The molecule has 248 valence electrons. The highest BCUT2D eigenvalue weighted by molar-refractivity contribution is 6.11. The number of allylic oxidation sites excluding steroid dienone is 1. The molecule has 1 aromatic heterocycles. The van der Waals surface area contributed by atoms with Crippen molar-refractivity contribution in [2.45, 2.75) is 12.8 Å². The number of benzene rings is 9. The van der Waals surface area contributed by atoms with Crippen LogP contribution in [0.3, 0.4) is 0 Å². The molecule has 10 aromatic rings. The Morgan fingerprint density at radius 3 is 1.83 bits per heavy atom. The van der Waals surface area contributed by atoms with Crippen LogP contribution in [0, 0.1) is 0 Å². The Kier molecular flexibility index (Phi) is 6.75. The number of furan rings is 1. The van der Waals surface area contributed by atoms with Crippen LogP contribution in [0.5, 0.6) is 0 Å². The average molecular weight is 675 g/mol. The van der Waals surface area contributed by atoms with Crippen LogP contribution in [0.2, 0.25) is 0 Å². The van der Waals surface area contributed by atoms with Crippen molar-refractivity contribution in [2.75, 3.05) is 0 Å². The topological polar surface area (TPSA) is 13.1 Å². The lowest BCUT2D eigenvalue weighted by atomic mass is 9.80. The van der Waals surface area contributed by atoms with Gasteiger partial charge in [0.25, 0.3) is 0 Å². The zero-order valence-corrected chi connectivity index (χ0v) is 29.1. The molecule has 0 aliphatic heterocycles. The predicted molar refractivity (Wildman–Crippen MR) is 225 cm³/mol. The number of hydrogen-bond donors (Lipinski definition) is 0. The van der Waals surface area contributed by atoms with Crippen molar-refractivity contribution < 1.29 is 4.42 Å². The van der Waals surface area contributed by atoms with Gasteiger partial charge in [0, 0.05) is 10.8 Å². The summed E-state index contributed by atoms with van der Waals surface area (Å²) in [5.41, 5.74) is 14.8. The summed E-state index contributed by atoms with van der Waals surface area (Å²) in [6.45, 7) is 0.